The van der Waals surface area contributed by atoms with Crippen LogP contribution < -0.4 is 5.32 Å². The molecular weight excluding hydrogens is 322 g/mol. The number of hydrogen-bond acceptors (Lipinski definition) is 5. The van der Waals surface area contributed by atoms with Crippen molar-refractivity contribution < 1.29 is 14.3 Å². The number of ether oxygens (including phenoxy) is 1. The van der Waals surface area contributed by atoms with E-state index in [4.69, 9.17) is 4.74 Å². The number of nitrogens with zero attached hydrogens (tertiary/aromatic N) is 3. The molecule has 1 saturated carbocycles. The van der Waals surface area contributed by atoms with Gasteiger partial charge >= 0.3 is 5.97 Å². The van der Waals surface area contributed by atoms with E-state index in [-0.39, 0.29) is 11.8 Å². The fraction of sp³-hybridized carbons (Fsp3) is 0.294. The summed E-state index contributed by atoms with van der Waals surface area (Å²) < 4.78 is 6.76. The molecule has 3 aromatic rings. The lowest BCUT2D eigenvalue weighted by atomic mass is 10.2. The molecule has 1 fully saturated rings. The average Bonchev–Trinajstić information content (AvgIpc) is 3.19. The lowest BCUT2D eigenvalue weighted by Gasteiger charge is -1.98. The van der Waals surface area contributed by atoms with Crippen LogP contribution >= 0.6 is 0 Å². The average molecular weight is 339 g/mol. The van der Waals surface area contributed by atoms with Crippen molar-refractivity contribution in [2.24, 2.45) is 5.92 Å². The molecule has 1 amide bonds. The predicted molar refractivity (Wildman–Crippen MR) is 90.1 cm³/mol. The van der Waals surface area contributed by atoms with E-state index in [0.717, 1.165) is 24.1 Å². The van der Waals surface area contributed by atoms with E-state index in [2.05, 4.69) is 20.5 Å². The molecule has 0 aromatic carbocycles. The highest BCUT2D eigenvalue weighted by molar-refractivity contribution is 5.93. The topological polar surface area (TPSA) is 101 Å². The number of nitrogens with one attached hydrogen (secondary N) is 2. The van der Waals surface area contributed by atoms with Crippen molar-refractivity contribution >= 4 is 23.3 Å². The van der Waals surface area contributed by atoms with Crippen molar-refractivity contribution in [2.45, 2.75) is 19.8 Å². The zero-order chi connectivity index (χ0) is 17.4. The summed E-state index contributed by atoms with van der Waals surface area (Å²) in [5.41, 5.74) is 2.47. The summed E-state index contributed by atoms with van der Waals surface area (Å²) in [7, 11) is 0. The van der Waals surface area contributed by atoms with E-state index in [0.29, 0.717) is 23.8 Å². The maximum absolute atomic E-state index is 11.8. The minimum absolute atomic E-state index is 0.0232. The molecule has 8 heteroatoms. The smallest absolute Gasteiger partial charge is 0.356 e. The Morgan fingerprint density at radius 1 is 1.36 bits per heavy atom. The van der Waals surface area contributed by atoms with Crippen LogP contribution in [0.5, 0.6) is 0 Å². The first-order valence-electron chi connectivity index (χ1n) is 8.16. The number of pyridine rings is 1. The van der Waals surface area contributed by atoms with Crippen LogP contribution in [-0.2, 0) is 9.53 Å². The largest absolute Gasteiger partial charge is 0.461 e. The summed E-state index contributed by atoms with van der Waals surface area (Å²) in [5, 5.41) is 9.67. The molecule has 0 bridgehead atoms. The second-order valence-electron chi connectivity index (χ2n) is 5.96. The molecule has 0 saturated heterocycles. The number of fused-ring (bicyclic) bond motifs is 1. The van der Waals surface area contributed by atoms with E-state index < -0.39 is 5.97 Å². The Hall–Kier alpha value is -3.16. The van der Waals surface area contributed by atoms with Gasteiger partial charge in [-0.2, -0.15) is 5.10 Å². The first kappa shape index (κ1) is 15.4. The van der Waals surface area contributed by atoms with Gasteiger partial charge in [-0.3, -0.25) is 9.89 Å². The number of amides is 1. The van der Waals surface area contributed by atoms with Gasteiger partial charge in [0.1, 0.15) is 11.3 Å². The predicted octanol–water partition coefficient (Wildman–Crippen LogP) is 2.25. The number of aromatic nitrogens is 4. The molecule has 3 heterocycles. The van der Waals surface area contributed by atoms with Gasteiger partial charge in [-0.25, -0.2) is 9.78 Å². The molecule has 0 radical (unpaired) electrons. The molecule has 0 aliphatic heterocycles. The number of rotatable bonds is 5. The molecule has 3 aromatic heterocycles. The Labute approximate surface area is 143 Å². The van der Waals surface area contributed by atoms with Gasteiger partial charge in [-0.15, -0.1) is 0 Å². The van der Waals surface area contributed by atoms with Crippen molar-refractivity contribution in [3.63, 3.8) is 0 Å². The summed E-state index contributed by atoms with van der Waals surface area (Å²) >= 11 is 0. The molecule has 25 heavy (non-hydrogen) atoms. The monoisotopic (exact) mass is 339 g/mol. The number of carbonyl (C=O) groups excluding carboxylic acids is 2. The fourth-order valence-electron chi connectivity index (χ4n) is 2.56. The number of H-pyrrole nitrogens is 1. The van der Waals surface area contributed by atoms with Crippen LogP contribution in [0.4, 0.5) is 5.82 Å². The quantitative estimate of drug-likeness (QED) is 0.694. The van der Waals surface area contributed by atoms with Crippen molar-refractivity contribution in [1.82, 2.24) is 19.6 Å². The molecule has 128 valence electrons. The molecule has 1 aliphatic rings. The molecule has 2 N–H and O–H groups in total. The minimum atomic E-state index is -0.435. The molecule has 0 spiro atoms. The standard InChI is InChI=1S/C17H17N5O3/c1-2-25-17(24)13-7-12(20-21-13)11-5-6-15-18-14(9-22(15)8-11)19-16(23)10-3-4-10/h5-10H,2-4H2,1H3,(H,19,23)(H,20,21). The Morgan fingerprint density at radius 2 is 2.20 bits per heavy atom. The van der Waals surface area contributed by atoms with Gasteiger partial charge < -0.3 is 14.5 Å². The van der Waals surface area contributed by atoms with Crippen LogP contribution in [0, 0.1) is 5.92 Å². The number of esters is 1. The molecule has 0 atom stereocenters. The van der Waals surface area contributed by atoms with Crippen LogP contribution in [0.3, 0.4) is 0 Å². The van der Waals surface area contributed by atoms with Gasteiger partial charge in [0.25, 0.3) is 0 Å². The highest BCUT2D eigenvalue weighted by Crippen LogP contribution is 2.30. The normalized spacial score (nSPS) is 13.8. The van der Waals surface area contributed by atoms with Crippen LogP contribution in [-0.4, -0.2) is 38.1 Å². The fourth-order valence-corrected chi connectivity index (χ4v) is 2.56. The SMILES string of the molecule is CCOC(=O)c1cc(-c2ccc3nc(NC(=O)C4CC4)cn3c2)n[nH]1. The van der Waals surface area contributed by atoms with Crippen molar-refractivity contribution in [3.8, 4) is 11.3 Å². The zero-order valence-electron chi connectivity index (χ0n) is 13.7. The van der Waals surface area contributed by atoms with Crippen LogP contribution in [0.15, 0.2) is 30.6 Å². The van der Waals surface area contributed by atoms with E-state index in [1.54, 1.807) is 19.2 Å². The van der Waals surface area contributed by atoms with Gasteiger partial charge in [0.15, 0.2) is 5.82 Å². The lowest BCUT2D eigenvalue weighted by Crippen LogP contribution is -2.13. The first-order valence-corrected chi connectivity index (χ1v) is 8.16. The molecular formula is C17H17N5O3. The number of aromatic amines is 1. The Balaban J connectivity index is 1.58. The second-order valence-corrected chi connectivity index (χ2v) is 5.96. The third kappa shape index (κ3) is 3.10. The van der Waals surface area contributed by atoms with Gasteiger partial charge in [-0.05, 0) is 38.0 Å². The maximum Gasteiger partial charge on any atom is 0.356 e. The highest BCUT2D eigenvalue weighted by atomic mass is 16.5. The van der Waals surface area contributed by atoms with Gasteiger partial charge in [0.2, 0.25) is 5.91 Å². The molecule has 1 aliphatic carbocycles. The van der Waals surface area contributed by atoms with Crippen molar-refractivity contribution in [3.05, 3.63) is 36.3 Å². The maximum atomic E-state index is 11.8. The number of anilines is 1. The zero-order valence-corrected chi connectivity index (χ0v) is 13.7. The van der Waals surface area contributed by atoms with Crippen LogP contribution in [0.1, 0.15) is 30.3 Å². The minimum Gasteiger partial charge on any atom is -0.461 e. The lowest BCUT2D eigenvalue weighted by molar-refractivity contribution is -0.117. The van der Waals surface area contributed by atoms with E-state index in [1.165, 1.54) is 0 Å². The molecule has 8 nitrogen and oxygen atoms in total. The Bertz CT molecular complexity index is 954. The molecule has 0 unspecified atom stereocenters. The number of hydrogen-bond donors (Lipinski definition) is 2. The molecule has 4 rings (SSSR count). The van der Waals surface area contributed by atoms with Crippen molar-refractivity contribution in [1.29, 1.82) is 0 Å². The first-order chi connectivity index (χ1) is 12.1. The number of carbonyl (C=O) groups is 2. The van der Waals surface area contributed by atoms with Gasteiger partial charge in [0.05, 0.1) is 18.5 Å². The Kier molecular flexibility index (Phi) is 3.72. The third-order valence-corrected chi connectivity index (χ3v) is 4.02. The van der Waals surface area contributed by atoms with Crippen molar-refractivity contribution in [2.75, 3.05) is 11.9 Å². The summed E-state index contributed by atoms with van der Waals surface area (Å²) in [6, 6.07) is 5.34. The van der Waals surface area contributed by atoms with Gasteiger partial charge in [0, 0.05) is 17.7 Å². The summed E-state index contributed by atoms with van der Waals surface area (Å²) in [6.45, 7) is 2.06. The number of imidazole rings is 1. The van der Waals surface area contributed by atoms with E-state index in [9.17, 15) is 9.59 Å². The van der Waals surface area contributed by atoms with Gasteiger partial charge in [-0.1, -0.05) is 0 Å². The Morgan fingerprint density at radius 3 is 2.96 bits per heavy atom. The second kappa shape index (κ2) is 6.04. The van der Waals surface area contributed by atoms with Crippen LogP contribution in [0.2, 0.25) is 0 Å². The van der Waals surface area contributed by atoms with Crippen LogP contribution in [0.25, 0.3) is 16.9 Å². The third-order valence-electron chi connectivity index (χ3n) is 4.02. The summed E-state index contributed by atoms with van der Waals surface area (Å²) in [6.07, 6.45) is 5.51. The van der Waals surface area contributed by atoms with E-state index >= 15 is 0 Å². The highest BCUT2D eigenvalue weighted by Gasteiger charge is 2.30. The summed E-state index contributed by atoms with van der Waals surface area (Å²) in [5.74, 6) is 0.249. The van der Waals surface area contributed by atoms with E-state index in [1.807, 2.05) is 22.7 Å². The summed E-state index contributed by atoms with van der Waals surface area (Å²) in [4.78, 5) is 27.9.